The van der Waals surface area contributed by atoms with E-state index in [1.165, 1.54) is 21.9 Å². The van der Waals surface area contributed by atoms with E-state index in [-0.39, 0.29) is 34.5 Å². The lowest BCUT2D eigenvalue weighted by Gasteiger charge is -2.30. The summed E-state index contributed by atoms with van der Waals surface area (Å²) in [6.45, 7) is 2.88. The number of hydrogen-bond donors (Lipinski definition) is 4. The van der Waals surface area contributed by atoms with Gasteiger partial charge in [-0.15, -0.1) is 0 Å². The van der Waals surface area contributed by atoms with E-state index in [9.17, 15) is 28.6 Å². The first-order valence-corrected chi connectivity index (χ1v) is 13.4. The molecule has 3 aromatic rings. The average molecular weight is 586 g/mol. The molecule has 2 amide bonds. The van der Waals surface area contributed by atoms with Gasteiger partial charge in [0.05, 0.1) is 6.33 Å². The summed E-state index contributed by atoms with van der Waals surface area (Å²) < 4.78 is 38.7. The zero-order valence-electron chi connectivity index (χ0n) is 22.5. The molecule has 2 aromatic heterocycles. The number of nitrogens with one attached hydrogen (secondary N) is 1. The zero-order chi connectivity index (χ0) is 30.0. The summed E-state index contributed by atoms with van der Waals surface area (Å²) in [6, 6.07) is 2.91. The number of aliphatic hydroxyl groups is 2. The number of fused-ring (bicyclic) bond motifs is 1. The highest BCUT2D eigenvalue weighted by Crippen LogP contribution is 2.32. The van der Waals surface area contributed by atoms with Gasteiger partial charge in [-0.25, -0.2) is 28.5 Å². The molecule has 2 aliphatic heterocycles. The molecular weight excluding hydrogens is 556 g/mol. The first kappa shape index (κ1) is 29.1. The van der Waals surface area contributed by atoms with Gasteiger partial charge in [-0.3, -0.25) is 9.36 Å². The summed E-state index contributed by atoms with van der Waals surface area (Å²) in [6.07, 6.45) is -2.81. The van der Waals surface area contributed by atoms with Crippen LogP contribution in [0.3, 0.4) is 0 Å². The van der Waals surface area contributed by atoms with Gasteiger partial charge < -0.3 is 35.6 Å². The maximum Gasteiger partial charge on any atom is 0.415 e. The van der Waals surface area contributed by atoms with Crippen molar-refractivity contribution in [2.24, 2.45) is 5.92 Å². The van der Waals surface area contributed by atoms with Crippen LogP contribution in [0.1, 0.15) is 38.2 Å². The third-order valence-electron chi connectivity index (χ3n) is 7.13. The van der Waals surface area contributed by atoms with Crippen molar-refractivity contribution >= 4 is 29.0 Å². The topological polar surface area (TPSA) is 178 Å². The molecule has 1 unspecified atom stereocenters. The predicted octanol–water partition coefficient (Wildman–Crippen LogP) is 1.09. The van der Waals surface area contributed by atoms with E-state index >= 15 is 0 Å². The molecule has 4 atom stereocenters. The maximum atomic E-state index is 13.4. The highest BCUT2D eigenvalue weighted by atomic mass is 19.2. The fourth-order valence-corrected chi connectivity index (χ4v) is 4.86. The van der Waals surface area contributed by atoms with Crippen LogP contribution in [0.5, 0.6) is 5.75 Å². The SMILES string of the molecule is CCNC(=O)[C@H]1O[C@@H](n2cnc3c(N)nc(C#CCC4CCN(C(=O)Oc5ccc(F)c(F)c5)CC4)nc32)[C@@H](O)C1O. The maximum absolute atomic E-state index is 13.4. The molecule has 1 aromatic carbocycles. The van der Waals surface area contributed by atoms with Gasteiger partial charge in [0.2, 0.25) is 5.82 Å². The second-order valence-electron chi connectivity index (χ2n) is 9.96. The highest BCUT2D eigenvalue weighted by Gasteiger charge is 2.47. The Hall–Kier alpha value is -4.39. The van der Waals surface area contributed by atoms with Crippen LogP contribution >= 0.6 is 0 Å². The number of nitrogens with two attached hydrogens (primary N) is 1. The molecule has 222 valence electrons. The van der Waals surface area contributed by atoms with Gasteiger partial charge in [-0.05, 0) is 43.7 Å². The first-order valence-electron chi connectivity index (χ1n) is 13.4. The number of carbonyl (C=O) groups excluding carboxylic acids is 2. The summed E-state index contributed by atoms with van der Waals surface area (Å²) in [7, 11) is 0. The summed E-state index contributed by atoms with van der Waals surface area (Å²) in [5.41, 5.74) is 6.54. The van der Waals surface area contributed by atoms with E-state index in [0.29, 0.717) is 38.9 Å². The highest BCUT2D eigenvalue weighted by molar-refractivity contribution is 5.83. The molecule has 5 N–H and O–H groups in total. The van der Waals surface area contributed by atoms with Crippen molar-refractivity contribution in [3.05, 3.63) is 42.0 Å². The Balaban J connectivity index is 1.21. The van der Waals surface area contributed by atoms with Crippen LogP contribution in [-0.2, 0) is 9.53 Å². The number of rotatable bonds is 5. The van der Waals surface area contributed by atoms with Crippen molar-refractivity contribution in [3.63, 3.8) is 0 Å². The van der Waals surface area contributed by atoms with Crippen LogP contribution in [0.15, 0.2) is 24.5 Å². The van der Waals surface area contributed by atoms with Crippen LogP contribution in [0.4, 0.5) is 19.4 Å². The monoisotopic (exact) mass is 585 g/mol. The van der Waals surface area contributed by atoms with E-state index < -0.39 is 48.2 Å². The van der Waals surface area contributed by atoms with Crippen LogP contribution in [0, 0.1) is 29.4 Å². The van der Waals surface area contributed by atoms with Crippen molar-refractivity contribution in [2.45, 2.75) is 50.7 Å². The lowest BCUT2D eigenvalue weighted by Crippen LogP contribution is -2.42. The third kappa shape index (κ3) is 5.96. The minimum Gasteiger partial charge on any atom is -0.410 e. The summed E-state index contributed by atoms with van der Waals surface area (Å²) in [4.78, 5) is 38.9. The Morgan fingerprint density at radius 3 is 2.67 bits per heavy atom. The fraction of sp³-hybridized carbons (Fsp3) is 0.444. The number of benzene rings is 1. The number of halogens is 2. The Kier molecular flexibility index (Phi) is 8.48. The molecule has 42 heavy (non-hydrogen) atoms. The second-order valence-corrected chi connectivity index (χ2v) is 9.96. The Labute approximate surface area is 238 Å². The normalized spacial score (nSPS) is 22.5. The van der Waals surface area contributed by atoms with Crippen LogP contribution < -0.4 is 15.8 Å². The molecule has 0 saturated carbocycles. The Morgan fingerprint density at radius 1 is 1.19 bits per heavy atom. The summed E-state index contributed by atoms with van der Waals surface area (Å²) in [5.74, 6) is 3.55. The molecule has 0 bridgehead atoms. The quantitative estimate of drug-likeness (QED) is 0.317. The largest absolute Gasteiger partial charge is 0.415 e. The third-order valence-corrected chi connectivity index (χ3v) is 7.13. The number of aliphatic hydroxyl groups excluding tert-OH is 2. The van der Waals surface area contributed by atoms with Crippen LogP contribution in [0.25, 0.3) is 11.2 Å². The van der Waals surface area contributed by atoms with Gasteiger partial charge in [0, 0.05) is 32.1 Å². The second kappa shape index (κ2) is 12.2. The molecule has 0 radical (unpaired) electrons. The van der Waals surface area contributed by atoms with Gasteiger partial charge >= 0.3 is 6.09 Å². The number of likely N-dealkylation sites (tertiary alicyclic amines) is 1. The smallest absolute Gasteiger partial charge is 0.410 e. The summed E-state index contributed by atoms with van der Waals surface area (Å²) in [5, 5.41) is 23.5. The average Bonchev–Trinajstić information content (AvgIpc) is 3.52. The molecule has 2 fully saturated rings. The number of piperidine rings is 1. The van der Waals surface area contributed by atoms with E-state index in [2.05, 4.69) is 32.1 Å². The number of nitrogen functional groups attached to an aromatic ring is 1. The number of imidazole rings is 1. The number of ether oxygens (including phenoxy) is 2. The van der Waals surface area contributed by atoms with Gasteiger partial charge in [0.25, 0.3) is 5.91 Å². The zero-order valence-corrected chi connectivity index (χ0v) is 22.5. The minimum absolute atomic E-state index is 0.0595. The molecule has 5 rings (SSSR count). The Bertz CT molecular complexity index is 1550. The first-order chi connectivity index (χ1) is 20.2. The lowest BCUT2D eigenvalue weighted by atomic mass is 9.94. The van der Waals surface area contributed by atoms with Gasteiger partial charge in [0.1, 0.15) is 23.5 Å². The number of likely N-dealkylation sites (N-methyl/N-ethyl adjacent to an activating group) is 1. The molecule has 4 heterocycles. The standard InChI is InChI=1S/C27H29F2N7O6/c1-2-31-25(39)22-20(37)21(38)26(42-22)36-13-32-19-23(30)33-18(34-24(19)36)5-3-4-14-8-10-35(11-9-14)27(40)41-15-6-7-16(28)17(29)12-15/h6-7,12-14,20-22,26,37-38H,2,4,8-11H2,1H3,(H,31,39)(H2,30,33,34)/t20?,21-,22-,26+/m0/s1. The number of nitrogens with zero attached hydrogens (tertiary/aromatic N) is 5. The van der Waals surface area contributed by atoms with Gasteiger partial charge in [0.15, 0.2) is 35.4 Å². The predicted molar refractivity (Wildman–Crippen MR) is 143 cm³/mol. The fourth-order valence-electron chi connectivity index (χ4n) is 4.86. The summed E-state index contributed by atoms with van der Waals surface area (Å²) >= 11 is 0. The number of aromatic nitrogens is 4. The van der Waals surface area contributed by atoms with E-state index in [1.807, 2.05) is 0 Å². The number of carbonyl (C=O) groups is 2. The Morgan fingerprint density at radius 2 is 1.95 bits per heavy atom. The number of anilines is 1. The number of hydrogen-bond acceptors (Lipinski definition) is 10. The molecule has 2 saturated heterocycles. The molecule has 2 aliphatic rings. The molecular formula is C27H29F2N7O6. The molecule has 13 nitrogen and oxygen atoms in total. The van der Waals surface area contributed by atoms with E-state index in [4.69, 9.17) is 15.2 Å². The minimum atomic E-state index is -1.46. The molecule has 15 heteroatoms. The number of amides is 2. The van der Waals surface area contributed by atoms with Crippen molar-refractivity contribution in [1.29, 1.82) is 0 Å². The van der Waals surface area contributed by atoms with Crippen LogP contribution in [-0.4, -0.2) is 84.6 Å². The van der Waals surface area contributed by atoms with Crippen molar-refractivity contribution in [1.82, 2.24) is 29.7 Å². The van der Waals surface area contributed by atoms with E-state index in [0.717, 1.165) is 12.1 Å². The van der Waals surface area contributed by atoms with Crippen molar-refractivity contribution in [2.75, 3.05) is 25.4 Å². The van der Waals surface area contributed by atoms with Crippen molar-refractivity contribution < 1.29 is 38.1 Å². The van der Waals surface area contributed by atoms with Gasteiger partial charge in [-0.2, -0.15) is 0 Å². The molecule has 0 spiro atoms. The lowest BCUT2D eigenvalue weighted by molar-refractivity contribution is -0.137. The van der Waals surface area contributed by atoms with Crippen LogP contribution in [0.2, 0.25) is 0 Å². The van der Waals surface area contributed by atoms with Gasteiger partial charge in [-0.1, -0.05) is 5.92 Å². The van der Waals surface area contributed by atoms with E-state index in [1.54, 1.807) is 6.92 Å². The molecule has 0 aliphatic carbocycles. The van der Waals surface area contributed by atoms with Crippen molar-refractivity contribution in [3.8, 4) is 17.6 Å².